The molecule has 84 valence electrons. The number of carbonyl (C=O) groups is 2. The number of piperazine rings is 1. The molecule has 1 aliphatic heterocycles. The molecule has 1 N–H and O–H groups in total. The molecule has 0 aromatic heterocycles. The van der Waals surface area contributed by atoms with Gasteiger partial charge in [-0.1, -0.05) is 29.8 Å². The first-order valence-corrected chi connectivity index (χ1v) is 5.29. The summed E-state index contributed by atoms with van der Waals surface area (Å²) in [7, 11) is 0. The van der Waals surface area contributed by atoms with Crippen molar-refractivity contribution in [2.75, 3.05) is 13.1 Å². The molecule has 2 amide bonds. The van der Waals surface area contributed by atoms with Gasteiger partial charge < -0.3 is 10.2 Å². The van der Waals surface area contributed by atoms with Crippen LogP contribution in [0.3, 0.4) is 0 Å². The third-order valence-corrected chi connectivity index (χ3v) is 2.60. The molecule has 0 unspecified atom stereocenters. The van der Waals surface area contributed by atoms with Gasteiger partial charge in [0.1, 0.15) is 0 Å². The topological polar surface area (TPSA) is 49.4 Å². The maximum absolute atomic E-state index is 11.5. The SMILES string of the molecule is Cc1cccc(CN2CCNC(=O)C2=O)c1. The number of nitrogens with zero attached hydrogens (tertiary/aromatic N) is 1. The summed E-state index contributed by atoms with van der Waals surface area (Å²) in [6.07, 6.45) is 0. The largest absolute Gasteiger partial charge is 0.346 e. The Morgan fingerprint density at radius 3 is 2.94 bits per heavy atom. The molecule has 4 nitrogen and oxygen atoms in total. The zero-order chi connectivity index (χ0) is 11.5. The molecule has 1 fully saturated rings. The highest BCUT2D eigenvalue weighted by Gasteiger charge is 2.25. The van der Waals surface area contributed by atoms with Gasteiger partial charge in [0.05, 0.1) is 0 Å². The summed E-state index contributed by atoms with van der Waals surface area (Å²) in [5.74, 6) is -0.938. The number of benzene rings is 1. The number of nitrogens with one attached hydrogen (secondary N) is 1. The molecule has 0 radical (unpaired) electrons. The van der Waals surface area contributed by atoms with Gasteiger partial charge in [-0.05, 0) is 12.5 Å². The van der Waals surface area contributed by atoms with Crippen molar-refractivity contribution in [3.63, 3.8) is 0 Å². The lowest BCUT2D eigenvalue weighted by atomic mass is 10.1. The number of hydrogen-bond donors (Lipinski definition) is 1. The van der Waals surface area contributed by atoms with Gasteiger partial charge in [-0.15, -0.1) is 0 Å². The molecule has 0 atom stereocenters. The Kier molecular flexibility index (Phi) is 2.90. The van der Waals surface area contributed by atoms with Gasteiger partial charge in [-0.25, -0.2) is 0 Å². The lowest BCUT2D eigenvalue weighted by molar-refractivity contribution is -0.148. The Balaban J connectivity index is 2.09. The van der Waals surface area contributed by atoms with E-state index in [4.69, 9.17) is 0 Å². The molecule has 1 heterocycles. The summed E-state index contributed by atoms with van der Waals surface area (Å²) in [6.45, 7) is 3.64. The maximum Gasteiger partial charge on any atom is 0.312 e. The summed E-state index contributed by atoms with van der Waals surface area (Å²) in [5.41, 5.74) is 2.22. The van der Waals surface area contributed by atoms with E-state index in [0.717, 1.165) is 11.1 Å². The first kappa shape index (κ1) is 10.7. The predicted octanol–water partition coefficient (Wildman–Crippen LogP) is 0.453. The summed E-state index contributed by atoms with van der Waals surface area (Å²) < 4.78 is 0. The van der Waals surface area contributed by atoms with Gasteiger partial charge in [-0.3, -0.25) is 9.59 Å². The minimum Gasteiger partial charge on any atom is -0.346 e. The van der Waals surface area contributed by atoms with Gasteiger partial charge in [0.2, 0.25) is 0 Å². The van der Waals surface area contributed by atoms with Crippen LogP contribution >= 0.6 is 0 Å². The van der Waals surface area contributed by atoms with Crippen molar-refractivity contribution < 1.29 is 9.59 Å². The van der Waals surface area contributed by atoms with Crippen LogP contribution in [-0.2, 0) is 16.1 Å². The smallest absolute Gasteiger partial charge is 0.312 e. The Morgan fingerprint density at radius 1 is 1.38 bits per heavy atom. The first-order valence-electron chi connectivity index (χ1n) is 5.29. The highest BCUT2D eigenvalue weighted by Crippen LogP contribution is 2.08. The molecule has 0 bridgehead atoms. The number of carbonyl (C=O) groups excluding carboxylic acids is 2. The Bertz CT molecular complexity index is 429. The van der Waals surface area contributed by atoms with Gasteiger partial charge in [0, 0.05) is 19.6 Å². The van der Waals surface area contributed by atoms with Crippen LogP contribution in [0.2, 0.25) is 0 Å². The highest BCUT2D eigenvalue weighted by atomic mass is 16.2. The number of amides is 2. The summed E-state index contributed by atoms with van der Waals surface area (Å²) in [5, 5.41) is 2.53. The molecule has 0 spiro atoms. The fourth-order valence-corrected chi connectivity index (χ4v) is 1.81. The second-order valence-electron chi connectivity index (χ2n) is 3.97. The zero-order valence-corrected chi connectivity index (χ0v) is 9.19. The number of aryl methyl sites for hydroxylation is 1. The van der Waals surface area contributed by atoms with Crippen LogP contribution in [0.1, 0.15) is 11.1 Å². The minimum absolute atomic E-state index is 0.437. The van der Waals surface area contributed by atoms with E-state index < -0.39 is 11.8 Å². The van der Waals surface area contributed by atoms with E-state index in [9.17, 15) is 9.59 Å². The standard InChI is InChI=1S/C12H14N2O2/c1-9-3-2-4-10(7-9)8-14-6-5-13-11(15)12(14)16/h2-4,7H,5-6,8H2,1H3,(H,13,15). The van der Waals surface area contributed by atoms with E-state index >= 15 is 0 Å². The van der Waals surface area contributed by atoms with E-state index in [1.54, 1.807) is 4.90 Å². The van der Waals surface area contributed by atoms with Crippen molar-refractivity contribution >= 4 is 11.8 Å². The lowest BCUT2D eigenvalue weighted by Crippen LogP contribution is -2.51. The van der Waals surface area contributed by atoms with Crippen LogP contribution in [0.25, 0.3) is 0 Å². The monoisotopic (exact) mass is 218 g/mol. The van der Waals surface area contributed by atoms with Gasteiger partial charge in [-0.2, -0.15) is 0 Å². The zero-order valence-electron chi connectivity index (χ0n) is 9.19. The normalized spacial score (nSPS) is 16.2. The van der Waals surface area contributed by atoms with Crippen LogP contribution < -0.4 is 5.32 Å². The van der Waals surface area contributed by atoms with E-state index in [-0.39, 0.29) is 0 Å². The quantitative estimate of drug-likeness (QED) is 0.733. The van der Waals surface area contributed by atoms with Crippen molar-refractivity contribution in [3.8, 4) is 0 Å². The highest BCUT2D eigenvalue weighted by molar-refractivity contribution is 6.35. The van der Waals surface area contributed by atoms with E-state index in [2.05, 4.69) is 5.32 Å². The van der Waals surface area contributed by atoms with Gasteiger partial charge >= 0.3 is 11.8 Å². The van der Waals surface area contributed by atoms with E-state index in [1.165, 1.54) is 0 Å². The van der Waals surface area contributed by atoms with Crippen LogP contribution in [0.5, 0.6) is 0 Å². The molecule has 1 aromatic rings. The van der Waals surface area contributed by atoms with Crippen LogP contribution in [0.4, 0.5) is 0 Å². The third kappa shape index (κ3) is 2.21. The summed E-state index contributed by atoms with van der Waals surface area (Å²) in [4.78, 5) is 24.3. The average molecular weight is 218 g/mol. The van der Waals surface area contributed by atoms with Crippen LogP contribution in [-0.4, -0.2) is 29.8 Å². The number of rotatable bonds is 2. The lowest BCUT2D eigenvalue weighted by Gasteiger charge is -2.26. The number of hydrogen-bond acceptors (Lipinski definition) is 2. The molecule has 0 aliphatic carbocycles. The molecule has 16 heavy (non-hydrogen) atoms. The molecule has 2 rings (SSSR count). The van der Waals surface area contributed by atoms with Crippen LogP contribution in [0, 0.1) is 6.92 Å². The van der Waals surface area contributed by atoms with E-state index in [1.807, 2.05) is 31.2 Å². The van der Waals surface area contributed by atoms with Crippen molar-refractivity contribution in [1.29, 1.82) is 0 Å². The van der Waals surface area contributed by atoms with Crippen molar-refractivity contribution in [3.05, 3.63) is 35.4 Å². The second kappa shape index (κ2) is 4.35. The fourth-order valence-electron chi connectivity index (χ4n) is 1.81. The van der Waals surface area contributed by atoms with E-state index in [0.29, 0.717) is 19.6 Å². The van der Waals surface area contributed by atoms with Gasteiger partial charge in [0.15, 0.2) is 0 Å². The summed E-state index contributed by atoms with van der Waals surface area (Å²) in [6, 6.07) is 7.96. The summed E-state index contributed by atoms with van der Waals surface area (Å²) >= 11 is 0. The van der Waals surface area contributed by atoms with Crippen molar-refractivity contribution in [1.82, 2.24) is 10.2 Å². The molecular formula is C12H14N2O2. The molecule has 4 heteroatoms. The first-order chi connectivity index (χ1) is 7.66. The van der Waals surface area contributed by atoms with Crippen molar-refractivity contribution in [2.24, 2.45) is 0 Å². The Hall–Kier alpha value is -1.84. The maximum atomic E-state index is 11.5. The molecule has 0 saturated carbocycles. The van der Waals surface area contributed by atoms with Gasteiger partial charge in [0.25, 0.3) is 0 Å². The molecule has 1 aromatic carbocycles. The molecule has 1 saturated heterocycles. The molecular weight excluding hydrogens is 204 g/mol. The third-order valence-electron chi connectivity index (χ3n) is 2.60. The molecule has 1 aliphatic rings. The second-order valence-corrected chi connectivity index (χ2v) is 3.97. The van der Waals surface area contributed by atoms with Crippen LogP contribution in [0.15, 0.2) is 24.3 Å². The predicted molar refractivity (Wildman–Crippen MR) is 59.6 cm³/mol. The average Bonchev–Trinajstić information content (AvgIpc) is 2.25. The fraction of sp³-hybridized carbons (Fsp3) is 0.333. The minimum atomic E-state index is -0.501. The van der Waals surface area contributed by atoms with Crippen molar-refractivity contribution in [2.45, 2.75) is 13.5 Å². The Labute approximate surface area is 94.2 Å². The Morgan fingerprint density at radius 2 is 2.19 bits per heavy atom.